The van der Waals surface area contributed by atoms with Gasteiger partial charge in [0.25, 0.3) is 0 Å². The van der Waals surface area contributed by atoms with Crippen molar-refractivity contribution in [1.29, 1.82) is 5.26 Å². The van der Waals surface area contributed by atoms with Crippen LogP contribution >= 0.6 is 0 Å². The average Bonchev–Trinajstić information content (AvgIpc) is 2.00. The Bertz CT molecular complexity index is 177. The van der Waals surface area contributed by atoms with Crippen LogP contribution in [0.25, 0.3) is 0 Å². The normalized spacial score (nSPS) is 12.2. The molecule has 0 saturated heterocycles. The first-order valence-corrected chi connectivity index (χ1v) is 4.97. The monoisotopic (exact) mass is 182 g/mol. The number of hydrogen-bond acceptors (Lipinski definition) is 2. The third kappa shape index (κ3) is 6.60. The summed E-state index contributed by atoms with van der Waals surface area (Å²) in [4.78, 5) is 2.30. The quantitative estimate of drug-likeness (QED) is 0.653. The average molecular weight is 182 g/mol. The number of rotatable bonds is 5. The Labute approximate surface area is 82.5 Å². The van der Waals surface area contributed by atoms with E-state index in [0.29, 0.717) is 5.92 Å². The first-order valence-electron chi connectivity index (χ1n) is 4.97. The molecule has 0 aliphatic rings. The highest BCUT2D eigenvalue weighted by molar-refractivity contribution is 4.91. The van der Waals surface area contributed by atoms with Crippen molar-refractivity contribution >= 4 is 0 Å². The molecule has 76 valence electrons. The van der Waals surface area contributed by atoms with Gasteiger partial charge in [-0.25, -0.2) is 0 Å². The number of nitriles is 1. The Morgan fingerprint density at radius 1 is 1.38 bits per heavy atom. The van der Waals surface area contributed by atoms with E-state index in [1.54, 1.807) is 0 Å². The van der Waals surface area contributed by atoms with E-state index in [4.69, 9.17) is 5.26 Å². The van der Waals surface area contributed by atoms with E-state index in [1.165, 1.54) is 0 Å². The maximum atomic E-state index is 8.82. The summed E-state index contributed by atoms with van der Waals surface area (Å²) >= 11 is 0. The molecule has 2 heteroatoms. The van der Waals surface area contributed by atoms with E-state index >= 15 is 0 Å². The molecule has 0 aliphatic heterocycles. The molecule has 2 nitrogen and oxygen atoms in total. The summed E-state index contributed by atoms with van der Waals surface area (Å²) in [6.45, 7) is 10.5. The molecule has 0 N–H and O–H groups in total. The molecule has 0 fully saturated rings. The van der Waals surface area contributed by atoms with Crippen LogP contribution < -0.4 is 0 Å². The second-order valence-corrected chi connectivity index (χ2v) is 4.90. The summed E-state index contributed by atoms with van der Waals surface area (Å²) in [5.74, 6) is 0.704. The summed E-state index contributed by atoms with van der Waals surface area (Å²) in [6, 6.07) is 2.32. The van der Waals surface area contributed by atoms with Gasteiger partial charge in [-0.2, -0.15) is 5.26 Å². The molecule has 0 aromatic rings. The zero-order chi connectivity index (χ0) is 10.5. The van der Waals surface area contributed by atoms with E-state index in [2.05, 4.69) is 31.9 Å². The number of nitrogens with zero attached hydrogens (tertiary/aromatic N) is 2. The van der Waals surface area contributed by atoms with Crippen LogP contribution in [0.5, 0.6) is 0 Å². The number of hydrogen-bond donors (Lipinski definition) is 0. The Hall–Kier alpha value is -0.550. The van der Waals surface area contributed by atoms with E-state index in [0.717, 1.165) is 19.5 Å². The van der Waals surface area contributed by atoms with Crippen molar-refractivity contribution in [2.24, 2.45) is 11.3 Å². The van der Waals surface area contributed by atoms with Gasteiger partial charge in [-0.15, -0.1) is 0 Å². The topological polar surface area (TPSA) is 27.0 Å². The highest BCUT2D eigenvalue weighted by atomic mass is 15.1. The van der Waals surface area contributed by atoms with Gasteiger partial charge in [-0.05, 0) is 39.8 Å². The van der Waals surface area contributed by atoms with Gasteiger partial charge >= 0.3 is 0 Å². The van der Waals surface area contributed by atoms with Crippen LogP contribution in [0.1, 0.15) is 34.1 Å². The van der Waals surface area contributed by atoms with Gasteiger partial charge in [0.2, 0.25) is 0 Å². The predicted molar refractivity (Wildman–Crippen MR) is 56.3 cm³/mol. The summed E-state index contributed by atoms with van der Waals surface area (Å²) in [6.07, 6.45) is 0.951. The predicted octanol–water partition coefficient (Wildman–Crippen LogP) is 2.51. The van der Waals surface area contributed by atoms with Crippen molar-refractivity contribution in [3.63, 3.8) is 0 Å². The van der Waals surface area contributed by atoms with Crippen LogP contribution in [0, 0.1) is 22.7 Å². The molecule has 0 bridgehead atoms. The van der Waals surface area contributed by atoms with Crippen LogP contribution in [-0.4, -0.2) is 25.0 Å². The van der Waals surface area contributed by atoms with Crippen molar-refractivity contribution in [3.8, 4) is 6.07 Å². The Morgan fingerprint density at radius 2 is 1.92 bits per heavy atom. The molecule has 0 amide bonds. The lowest BCUT2D eigenvalue weighted by molar-refractivity contribution is 0.261. The van der Waals surface area contributed by atoms with Crippen LogP contribution in [0.2, 0.25) is 0 Å². The van der Waals surface area contributed by atoms with Crippen molar-refractivity contribution in [2.75, 3.05) is 20.1 Å². The first kappa shape index (κ1) is 12.4. The molecule has 13 heavy (non-hydrogen) atoms. The minimum atomic E-state index is -0.175. The molecule has 0 unspecified atom stereocenters. The van der Waals surface area contributed by atoms with Crippen molar-refractivity contribution in [1.82, 2.24) is 4.90 Å². The molecule has 0 rings (SSSR count). The first-order chi connectivity index (χ1) is 5.87. The molecule has 0 heterocycles. The molecular formula is C11H22N2. The highest BCUT2D eigenvalue weighted by Crippen LogP contribution is 2.18. The van der Waals surface area contributed by atoms with Gasteiger partial charge < -0.3 is 4.90 Å². The lowest BCUT2D eigenvalue weighted by Crippen LogP contribution is -2.27. The van der Waals surface area contributed by atoms with Gasteiger partial charge in [0.15, 0.2) is 0 Å². The fourth-order valence-electron chi connectivity index (χ4n) is 1.24. The molecule has 0 atom stereocenters. The Balaban J connectivity index is 3.71. The fourth-order valence-corrected chi connectivity index (χ4v) is 1.24. The van der Waals surface area contributed by atoms with E-state index < -0.39 is 0 Å². The Morgan fingerprint density at radius 3 is 2.31 bits per heavy atom. The molecule has 0 saturated carbocycles. The summed E-state index contributed by atoms with van der Waals surface area (Å²) < 4.78 is 0. The maximum Gasteiger partial charge on any atom is 0.0684 e. The standard InChI is InChI=1S/C11H22N2/c1-10(2)8-13(5)7-6-11(3,4)9-12/h10H,6-8H2,1-5H3. The van der Waals surface area contributed by atoms with Crippen LogP contribution in [0.3, 0.4) is 0 Å². The molecule has 0 aromatic heterocycles. The van der Waals surface area contributed by atoms with Gasteiger partial charge in [-0.3, -0.25) is 0 Å². The summed E-state index contributed by atoms with van der Waals surface area (Å²) in [5, 5.41) is 8.82. The minimum Gasteiger partial charge on any atom is -0.306 e. The molecular weight excluding hydrogens is 160 g/mol. The SMILES string of the molecule is CC(C)CN(C)CCC(C)(C)C#N. The van der Waals surface area contributed by atoms with E-state index in [9.17, 15) is 0 Å². The van der Waals surface area contributed by atoms with Crippen LogP contribution in [0.4, 0.5) is 0 Å². The van der Waals surface area contributed by atoms with Crippen molar-refractivity contribution in [3.05, 3.63) is 0 Å². The Kier molecular flexibility index (Phi) is 5.02. The minimum absolute atomic E-state index is 0.175. The van der Waals surface area contributed by atoms with Crippen molar-refractivity contribution in [2.45, 2.75) is 34.1 Å². The third-order valence-electron chi connectivity index (χ3n) is 2.10. The molecule has 0 aromatic carbocycles. The lowest BCUT2D eigenvalue weighted by atomic mass is 9.91. The van der Waals surface area contributed by atoms with Gasteiger partial charge in [0.05, 0.1) is 11.5 Å². The second-order valence-electron chi connectivity index (χ2n) is 4.90. The van der Waals surface area contributed by atoms with Gasteiger partial charge in [0.1, 0.15) is 0 Å². The van der Waals surface area contributed by atoms with E-state index in [1.807, 2.05) is 13.8 Å². The van der Waals surface area contributed by atoms with Crippen LogP contribution in [-0.2, 0) is 0 Å². The van der Waals surface area contributed by atoms with Gasteiger partial charge in [-0.1, -0.05) is 13.8 Å². The van der Waals surface area contributed by atoms with Gasteiger partial charge in [0, 0.05) is 6.54 Å². The second kappa shape index (κ2) is 5.24. The fraction of sp³-hybridized carbons (Fsp3) is 0.909. The molecule has 0 aliphatic carbocycles. The lowest BCUT2D eigenvalue weighted by Gasteiger charge is -2.22. The largest absolute Gasteiger partial charge is 0.306 e. The molecule has 0 radical (unpaired) electrons. The zero-order valence-corrected chi connectivity index (χ0v) is 9.59. The van der Waals surface area contributed by atoms with Crippen molar-refractivity contribution < 1.29 is 0 Å². The highest BCUT2D eigenvalue weighted by Gasteiger charge is 2.17. The maximum absolute atomic E-state index is 8.82. The third-order valence-corrected chi connectivity index (χ3v) is 2.10. The molecule has 0 spiro atoms. The summed E-state index contributed by atoms with van der Waals surface area (Å²) in [7, 11) is 2.12. The van der Waals surface area contributed by atoms with E-state index in [-0.39, 0.29) is 5.41 Å². The smallest absolute Gasteiger partial charge is 0.0684 e. The van der Waals surface area contributed by atoms with Crippen LogP contribution in [0.15, 0.2) is 0 Å². The zero-order valence-electron chi connectivity index (χ0n) is 9.59. The summed E-state index contributed by atoms with van der Waals surface area (Å²) in [5.41, 5.74) is -0.175.